The van der Waals surface area contributed by atoms with Crippen LogP contribution in [-0.4, -0.2) is 9.97 Å². The number of anilines is 4. The summed E-state index contributed by atoms with van der Waals surface area (Å²) in [5.74, 6) is 1.36. The Hall–Kier alpha value is -2.88. The Morgan fingerprint density at radius 1 is 0.727 bits per heavy atom. The molecule has 0 aliphatic carbocycles. The summed E-state index contributed by atoms with van der Waals surface area (Å²) in [5, 5.41) is 6.54. The van der Waals surface area contributed by atoms with Gasteiger partial charge in [0.15, 0.2) is 0 Å². The lowest BCUT2D eigenvalue weighted by Crippen LogP contribution is -2.02. The van der Waals surface area contributed by atoms with Crippen molar-refractivity contribution in [1.29, 1.82) is 0 Å². The van der Waals surface area contributed by atoms with Gasteiger partial charge in [-0.2, -0.15) is 4.98 Å². The number of rotatable bonds is 4. The van der Waals surface area contributed by atoms with E-state index >= 15 is 0 Å². The number of nitrogens with zero attached hydrogens (tertiary/aromatic N) is 2. The van der Waals surface area contributed by atoms with E-state index in [0.717, 1.165) is 22.9 Å². The van der Waals surface area contributed by atoms with Crippen LogP contribution in [0.15, 0.2) is 60.7 Å². The third kappa shape index (κ3) is 3.61. The normalized spacial score (nSPS) is 10.3. The van der Waals surface area contributed by atoms with Gasteiger partial charge in [-0.15, -0.1) is 0 Å². The number of aryl methyl sites for hydroxylation is 2. The van der Waals surface area contributed by atoms with Crippen molar-refractivity contribution in [2.75, 3.05) is 10.6 Å². The Balaban J connectivity index is 1.83. The van der Waals surface area contributed by atoms with Crippen molar-refractivity contribution in [3.8, 4) is 0 Å². The van der Waals surface area contributed by atoms with E-state index in [1.54, 1.807) is 0 Å². The number of nitrogens with one attached hydrogen (secondary N) is 2. The second kappa shape index (κ2) is 6.26. The van der Waals surface area contributed by atoms with Crippen molar-refractivity contribution in [2.24, 2.45) is 0 Å². The molecule has 0 radical (unpaired) electrons. The Bertz CT molecular complexity index is 769. The van der Waals surface area contributed by atoms with Gasteiger partial charge in [-0.25, -0.2) is 4.98 Å². The minimum Gasteiger partial charge on any atom is -0.340 e. The Labute approximate surface area is 130 Å². The lowest BCUT2D eigenvalue weighted by Gasteiger charge is -2.10. The van der Waals surface area contributed by atoms with Crippen LogP contribution < -0.4 is 10.6 Å². The molecule has 1 heterocycles. The smallest absolute Gasteiger partial charge is 0.229 e. The van der Waals surface area contributed by atoms with Gasteiger partial charge in [-0.1, -0.05) is 30.3 Å². The van der Waals surface area contributed by atoms with Crippen LogP contribution in [0.2, 0.25) is 0 Å². The molecule has 1 aromatic heterocycles. The highest BCUT2D eigenvalue weighted by Gasteiger charge is 2.03. The fraction of sp³-hybridized carbons (Fsp3) is 0.111. The fourth-order valence-electron chi connectivity index (χ4n) is 2.21. The van der Waals surface area contributed by atoms with Crippen LogP contribution in [0, 0.1) is 13.8 Å². The van der Waals surface area contributed by atoms with E-state index in [1.165, 1.54) is 5.56 Å². The molecule has 0 aliphatic rings. The summed E-state index contributed by atoms with van der Waals surface area (Å²) in [7, 11) is 0. The molecule has 0 spiro atoms. The lowest BCUT2D eigenvalue weighted by atomic mass is 10.2. The zero-order valence-corrected chi connectivity index (χ0v) is 12.7. The van der Waals surface area contributed by atoms with E-state index in [1.807, 2.05) is 55.5 Å². The predicted octanol–water partition coefficient (Wildman–Crippen LogP) is 4.58. The van der Waals surface area contributed by atoms with E-state index in [9.17, 15) is 0 Å². The molecule has 3 rings (SSSR count). The minimum absolute atomic E-state index is 0.585. The summed E-state index contributed by atoms with van der Waals surface area (Å²) in [6.45, 7) is 4.03. The number of hydrogen-bond acceptors (Lipinski definition) is 4. The molecule has 110 valence electrons. The molecule has 0 fully saturated rings. The van der Waals surface area contributed by atoms with Crippen LogP contribution >= 0.6 is 0 Å². The molecule has 0 saturated heterocycles. The van der Waals surface area contributed by atoms with Crippen molar-refractivity contribution in [3.63, 3.8) is 0 Å². The molecule has 0 bridgehead atoms. The van der Waals surface area contributed by atoms with Crippen LogP contribution in [-0.2, 0) is 0 Å². The monoisotopic (exact) mass is 290 g/mol. The first-order valence-corrected chi connectivity index (χ1v) is 7.20. The maximum absolute atomic E-state index is 4.52. The van der Waals surface area contributed by atoms with E-state index in [-0.39, 0.29) is 0 Å². The summed E-state index contributed by atoms with van der Waals surface area (Å²) < 4.78 is 0. The Morgan fingerprint density at radius 3 is 2.27 bits per heavy atom. The zero-order chi connectivity index (χ0) is 15.4. The maximum Gasteiger partial charge on any atom is 0.229 e. The molecule has 22 heavy (non-hydrogen) atoms. The molecule has 2 N–H and O–H groups in total. The quantitative estimate of drug-likeness (QED) is 0.738. The van der Waals surface area contributed by atoms with Gasteiger partial charge in [0.05, 0.1) is 0 Å². The van der Waals surface area contributed by atoms with Crippen LogP contribution in [0.25, 0.3) is 0 Å². The SMILES string of the molecule is Cc1cccc(Nc2cc(C)nc(Nc3ccccc3)n2)c1. The molecule has 0 amide bonds. The van der Waals surface area contributed by atoms with Crippen LogP contribution in [0.3, 0.4) is 0 Å². The zero-order valence-electron chi connectivity index (χ0n) is 12.7. The summed E-state index contributed by atoms with van der Waals surface area (Å²) >= 11 is 0. The average Bonchev–Trinajstić information content (AvgIpc) is 2.47. The van der Waals surface area contributed by atoms with E-state index in [2.05, 4.69) is 39.7 Å². The second-order valence-electron chi connectivity index (χ2n) is 5.20. The van der Waals surface area contributed by atoms with Crippen molar-refractivity contribution in [1.82, 2.24) is 9.97 Å². The fourth-order valence-corrected chi connectivity index (χ4v) is 2.21. The predicted molar refractivity (Wildman–Crippen MR) is 91.0 cm³/mol. The topological polar surface area (TPSA) is 49.8 Å². The Morgan fingerprint density at radius 2 is 1.50 bits per heavy atom. The standard InChI is InChI=1S/C18H18N4/c1-13-7-6-10-16(11-13)20-17-12-14(2)19-18(22-17)21-15-8-4-3-5-9-15/h3-12H,1-2H3,(H2,19,20,21,22). The van der Waals surface area contributed by atoms with Crippen LogP contribution in [0.4, 0.5) is 23.1 Å². The molecule has 0 atom stereocenters. The Kier molecular flexibility index (Phi) is 4.01. The number of benzene rings is 2. The maximum atomic E-state index is 4.52. The first-order chi connectivity index (χ1) is 10.7. The van der Waals surface area contributed by atoms with E-state index in [0.29, 0.717) is 5.95 Å². The van der Waals surface area contributed by atoms with Crippen molar-refractivity contribution in [3.05, 3.63) is 71.9 Å². The van der Waals surface area contributed by atoms with Gasteiger partial charge in [0.25, 0.3) is 0 Å². The highest BCUT2D eigenvalue weighted by molar-refractivity contribution is 5.60. The molecule has 0 saturated carbocycles. The second-order valence-corrected chi connectivity index (χ2v) is 5.20. The molecule has 2 aromatic carbocycles. The molecule has 0 unspecified atom stereocenters. The van der Waals surface area contributed by atoms with E-state index < -0.39 is 0 Å². The van der Waals surface area contributed by atoms with Gasteiger partial charge >= 0.3 is 0 Å². The highest BCUT2D eigenvalue weighted by atomic mass is 15.1. The average molecular weight is 290 g/mol. The number of para-hydroxylation sites is 1. The van der Waals surface area contributed by atoms with Crippen LogP contribution in [0.1, 0.15) is 11.3 Å². The summed E-state index contributed by atoms with van der Waals surface area (Å²) in [6, 6.07) is 20.0. The van der Waals surface area contributed by atoms with Crippen molar-refractivity contribution >= 4 is 23.1 Å². The van der Waals surface area contributed by atoms with Gasteiger partial charge < -0.3 is 10.6 Å². The largest absolute Gasteiger partial charge is 0.340 e. The van der Waals surface area contributed by atoms with Gasteiger partial charge in [0.2, 0.25) is 5.95 Å². The first kappa shape index (κ1) is 14.1. The third-order valence-electron chi connectivity index (χ3n) is 3.17. The molecular formula is C18H18N4. The van der Waals surface area contributed by atoms with Gasteiger partial charge in [0.1, 0.15) is 5.82 Å². The first-order valence-electron chi connectivity index (χ1n) is 7.20. The van der Waals surface area contributed by atoms with Gasteiger partial charge in [-0.05, 0) is 43.7 Å². The number of aromatic nitrogens is 2. The van der Waals surface area contributed by atoms with E-state index in [4.69, 9.17) is 0 Å². The molecule has 4 heteroatoms. The molecule has 0 aliphatic heterocycles. The molecule has 4 nitrogen and oxygen atoms in total. The summed E-state index contributed by atoms with van der Waals surface area (Å²) in [4.78, 5) is 8.95. The minimum atomic E-state index is 0.585. The lowest BCUT2D eigenvalue weighted by molar-refractivity contribution is 1.11. The number of hydrogen-bond donors (Lipinski definition) is 2. The third-order valence-corrected chi connectivity index (χ3v) is 3.17. The summed E-state index contributed by atoms with van der Waals surface area (Å²) in [6.07, 6.45) is 0. The molecular weight excluding hydrogens is 272 g/mol. The van der Waals surface area contributed by atoms with Gasteiger partial charge in [0, 0.05) is 23.1 Å². The van der Waals surface area contributed by atoms with Crippen molar-refractivity contribution < 1.29 is 0 Å². The highest BCUT2D eigenvalue weighted by Crippen LogP contribution is 2.19. The van der Waals surface area contributed by atoms with Gasteiger partial charge in [-0.3, -0.25) is 0 Å². The van der Waals surface area contributed by atoms with Crippen LogP contribution in [0.5, 0.6) is 0 Å². The van der Waals surface area contributed by atoms with Crippen molar-refractivity contribution in [2.45, 2.75) is 13.8 Å². The molecule has 3 aromatic rings. The summed E-state index contributed by atoms with van der Waals surface area (Å²) in [5.41, 5.74) is 4.10.